The Kier molecular flexibility index (Phi) is 5.06. The van der Waals surface area contributed by atoms with Crippen LogP contribution < -0.4 is 0 Å². The fourth-order valence-electron chi connectivity index (χ4n) is 1.79. The van der Waals surface area contributed by atoms with E-state index in [1.54, 1.807) is 0 Å². The van der Waals surface area contributed by atoms with Crippen LogP contribution in [0.4, 0.5) is 0 Å². The van der Waals surface area contributed by atoms with Crippen molar-refractivity contribution in [3.8, 4) is 0 Å². The van der Waals surface area contributed by atoms with E-state index in [0.29, 0.717) is 0 Å². The predicted octanol–water partition coefficient (Wildman–Crippen LogP) is 2.06. The second-order valence-electron chi connectivity index (χ2n) is 4.50. The zero-order valence-corrected chi connectivity index (χ0v) is 11.6. The number of nitrogens with zero attached hydrogens (tertiary/aromatic N) is 1. The number of hydrogen-bond donors (Lipinski definition) is 1. The molecule has 0 aliphatic rings. The standard InChI is InChI=1S/C14H19NO4/c1-9-6-5-7-10(2)13(9)8-19-15(12(4)16)11(3)14(17)18/h5-7,11H,8H2,1-4H3,(H,17,18)/t11-/m1/s1. The van der Waals surface area contributed by atoms with Crippen LogP contribution in [0.15, 0.2) is 18.2 Å². The van der Waals surface area contributed by atoms with Gasteiger partial charge in [0.2, 0.25) is 5.91 Å². The fourth-order valence-corrected chi connectivity index (χ4v) is 1.79. The van der Waals surface area contributed by atoms with Crippen LogP contribution in [0.3, 0.4) is 0 Å². The van der Waals surface area contributed by atoms with Gasteiger partial charge in [0.1, 0.15) is 6.61 Å². The second kappa shape index (κ2) is 6.33. The number of carboxylic acids is 1. The van der Waals surface area contributed by atoms with Gasteiger partial charge in [0, 0.05) is 6.92 Å². The molecular formula is C14H19NO4. The zero-order chi connectivity index (χ0) is 14.6. The Morgan fingerprint density at radius 3 is 2.26 bits per heavy atom. The number of carbonyl (C=O) groups excluding carboxylic acids is 1. The van der Waals surface area contributed by atoms with Gasteiger partial charge >= 0.3 is 5.97 Å². The summed E-state index contributed by atoms with van der Waals surface area (Å²) in [5.41, 5.74) is 3.06. The van der Waals surface area contributed by atoms with Crippen molar-refractivity contribution >= 4 is 11.9 Å². The van der Waals surface area contributed by atoms with Crippen LogP contribution in [0.25, 0.3) is 0 Å². The lowest BCUT2D eigenvalue weighted by Crippen LogP contribution is -2.41. The molecule has 0 fully saturated rings. The van der Waals surface area contributed by atoms with Crippen molar-refractivity contribution in [1.82, 2.24) is 5.06 Å². The largest absolute Gasteiger partial charge is 0.480 e. The molecule has 1 atom stereocenters. The number of amides is 1. The summed E-state index contributed by atoms with van der Waals surface area (Å²) in [7, 11) is 0. The Bertz CT molecular complexity index is 464. The third kappa shape index (κ3) is 3.79. The van der Waals surface area contributed by atoms with Crippen molar-refractivity contribution in [1.29, 1.82) is 0 Å². The van der Waals surface area contributed by atoms with Gasteiger partial charge in [-0.25, -0.2) is 9.86 Å². The van der Waals surface area contributed by atoms with Crippen molar-refractivity contribution in [3.05, 3.63) is 34.9 Å². The Morgan fingerprint density at radius 1 is 1.32 bits per heavy atom. The van der Waals surface area contributed by atoms with Crippen LogP contribution in [0.1, 0.15) is 30.5 Å². The maximum atomic E-state index is 11.4. The summed E-state index contributed by atoms with van der Waals surface area (Å²) in [5, 5.41) is 9.83. The van der Waals surface area contributed by atoms with Crippen LogP contribution in [0.5, 0.6) is 0 Å². The van der Waals surface area contributed by atoms with Gasteiger partial charge < -0.3 is 5.11 Å². The average Bonchev–Trinajstić information content (AvgIpc) is 2.31. The highest BCUT2D eigenvalue weighted by Crippen LogP contribution is 2.16. The number of carbonyl (C=O) groups is 2. The van der Waals surface area contributed by atoms with E-state index in [-0.39, 0.29) is 6.61 Å². The first-order chi connectivity index (χ1) is 8.84. The molecule has 1 N–H and O–H groups in total. The highest BCUT2D eigenvalue weighted by Gasteiger charge is 2.24. The number of hydrogen-bond acceptors (Lipinski definition) is 3. The van der Waals surface area contributed by atoms with Crippen LogP contribution in [0.2, 0.25) is 0 Å². The van der Waals surface area contributed by atoms with Crippen LogP contribution in [0, 0.1) is 13.8 Å². The first-order valence-electron chi connectivity index (χ1n) is 6.05. The third-order valence-electron chi connectivity index (χ3n) is 3.01. The van der Waals surface area contributed by atoms with Crippen molar-refractivity contribution in [2.24, 2.45) is 0 Å². The van der Waals surface area contributed by atoms with Crippen LogP contribution in [-0.2, 0) is 21.0 Å². The summed E-state index contributed by atoms with van der Waals surface area (Å²) >= 11 is 0. The maximum Gasteiger partial charge on any atom is 0.328 e. The third-order valence-corrected chi connectivity index (χ3v) is 3.01. The van der Waals surface area contributed by atoms with Crippen LogP contribution >= 0.6 is 0 Å². The topological polar surface area (TPSA) is 66.8 Å². The highest BCUT2D eigenvalue weighted by atomic mass is 16.7. The minimum atomic E-state index is -1.10. The van der Waals surface area contributed by atoms with E-state index in [4.69, 9.17) is 9.94 Å². The first-order valence-corrected chi connectivity index (χ1v) is 6.05. The lowest BCUT2D eigenvalue weighted by molar-refractivity contribution is -0.207. The number of carboxylic acid groups (broad SMARTS) is 1. The van der Waals surface area contributed by atoms with E-state index < -0.39 is 17.9 Å². The van der Waals surface area contributed by atoms with Crippen molar-refractivity contribution in [2.45, 2.75) is 40.3 Å². The molecule has 0 saturated heterocycles. The number of hydroxylamine groups is 2. The molecule has 0 saturated carbocycles. The number of aryl methyl sites for hydroxylation is 2. The lowest BCUT2D eigenvalue weighted by Gasteiger charge is -2.24. The Morgan fingerprint density at radius 2 is 1.84 bits per heavy atom. The minimum Gasteiger partial charge on any atom is -0.480 e. The average molecular weight is 265 g/mol. The molecule has 1 aromatic rings. The van der Waals surface area contributed by atoms with E-state index >= 15 is 0 Å². The summed E-state index contributed by atoms with van der Waals surface area (Å²) in [6.45, 7) is 6.77. The summed E-state index contributed by atoms with van der Waals surface area (Å²) in [6.07, 6.45) is 0. The van der Waals surface area contributed by atoms with Gasteiger partial charge in [-0.05, 0) is 37.5 Å². The monoisotopic (exact) mass is 265 g/mol. The molecule has 5 heteroatoms. The van der Waals surface area contributed by atoms with Gasteiger partial charge in [-0.3, -0.25) is 9.63 Å². The van der Waals surface area contributed by atoms with E-state index in [2.05, 4.69) is 0 Å². The molecule has 5 nitrogen and oxygen atoms in total. The smallest absolute Gasteiger partial charge is 0.328 e. The van der Waals surface area contributed by atoms with E-state index in [1.807, 2.05) is 32.0 Å². The zero-order valence-electron chi connectivity index (χ0n) is 11.6. The summed E-state index contributed by atoms with van der Waals surface area (Å²) in [6, 6.07) is 4.83. The molecule has 0 aromatic heterocycles. The normalized spacial score (nSPS) is 12.0. The Hall–Kier alpha value is -1.88. The molecule has 0 bridgehead atoms. The second-order valence-corrected chi connectivity index (χ2v) is 4.50. The van der Waals surface area contributed by atoms with Gasteiger partial charge in [-0.2, -0.15) is 0 Å². The molecule has 0 unspecified atom stereocenters. The van der Waals surface area contributed by atoms with E-state index in [9.17, 15) is 9.59 Å². The Labute approximate surface area is 112 Å². The maximum absolute atomic E-state index is 11.4. The van der Waals surface area contributed by atoms with E-state index in [0.717, 1.165) is 21.8 Å². The molecule has 0 heterocycles. The summed E-state index contributed by atoms with van der Waals surface area (Å²) in [5.74, 6) is -1.53. The minimum absolute atomic E-state index is 0.176. The molecule has 1 amide bonds. The van der Waals surface area contributed by atoms with Gasteiger partial charge in [0.05, 0.1) is 0 Å². The number of aliphatic carboxylic acids is 1. The van der Waals surface area contributed by atoms with Gasteiger partial charge in [-0.15, -0.1) is 0 Å². The number of benzene rings is 1. The first kappa shape index (κ1) is 15.2. The van der Waals surface area contributed by atoms with Crippen molar-refractivity contribution in [3.63, 3.8) is 0 Å². The quantitative estimate of drug-likeness (QED) is 0.827. The van der Waals surface area contributed by atoms with Gasteiger partial charge in [-0.1, -0.05) is 18.2 Å². The summed E-state index contributed by atoms with van der Waals surface area (Å²) < 4.78 is 0. The summed E-state index contributed by atoms with van der Waals surface area (Å²) in [4.78, 5) is 27.7. The highest BCUT2D eigenvalue weighted by molar-refractivity contribution is 5.80. The van der Waals surface area contributed by atoms with Crippen molar-refractivity contribution < 1.29 is 19.5 Å². The predicted molar refractivity (Wildman–Crippen MR) is 70.3 cm³/mol. The fraction of sp³-hybridized carbons (Fsp3) is 0.429. The molecule has 0 radical (unpaired) electrons. The molecule has 104 valence electrons. The Balaban J connectivity index is 2.83. The van der Waals surface area contributed by atoms with Gasteiger partial charge in [0.25, 0.3) is 0 Å². The molecule has 19 heavy (non-hydrogen) atoms. The molecule has 1 rings (SSSR count). The molecule has 0 aliphatic heterocycles. The SMILES string of the molecule is CC(=O)N(OCc1c(C)cccc1C)[C@H](C)C(=O)O. The number of rotatable bonds is 5. The molecular weight excluding hydrogens is 246 g/mol. The van der Waals surface area contributed by atoms with Crippen molar-refractivity contribution in [2.75, 3.05) is 0 Å². The van der Waals surface area contributed by atoms with Crippen LogP contribution in [-0.4, -0.2) is 28.1 Å². The molecule has 0 aliphatic carbocycles. The lowest BCUT2D eigenvalue weighted by atomic mass is 10.0. The van der Waals surface area contributed by atoms with E-state index in [1.165, 1.54) is 13.8 Å². The molecule has 1 aromatic carbocycles. The molecule has 0 spiro atoms. The van der Waals surface area contributed by atoms with Gasteiger partial charge in [0.15, 0.2) is 6.04 Å².